The molecule has 2 aliphatic heterocycles. The van der Waals surface area contributed by atoms with Gasteiger partial charge in [-0.05, 0) is 65.9 Å². The number of rotatable bonds is 26. The number of fused-ring (bicyclic) bond motifs is 2. The number of phenolic OH excluding ortho intramolecular Hbond substituents is 1. The second-order valence-electron chi connectivity index (χ2n) is 21.3. The van der Waals surface area contributed by atoms with E-state index in [0.717, 1.165) is 16.1 Å². The largest absolute Gasteiger partial charge is 0.508 e. The molecule has 5 amide bonds. The van der Waals surface area contributed by atoms with Crippen LogP contribution in [-0.2, 0) is 35.1 Å². The number of carbonyl (C=O) groups excluding carboxylic acids is 4. The molecule has 6 N–H and O–H groups in total. The van der Waals surface area contributed by atoms with Gasteiger partial charge in [-0.15, -0.1) is 11.3 Å². The van der Waals surface area contributed by atoms with Gasteiger partial charge in [-0.2, -0.15) is 4.98 Å². The quantitative estimate of drug-likeness (QED) is 0.0333. The van der Waals surface area contributed by atoms with Crippen LogP contribution in [0.15, 0.2) is 76.8 Å². The normalized spacial score (nSPS) is 15.7. The van der Waals surface area contributed by atoms with Gasteiger partial charge in [-0.3, -0.25) is 14.4 Å². The number of hydrogen-bond acceptors (Lipinski definition) is 18. The zero-order valence-corrected chi connectivity index (χ0v) is 49.7. The summed E-state index contributed by atoms with van der Waals surface area (Å²) in [7, 11) is 1.68. The number of benzene rings is 4. The van der Waals surface area contributed by atoms with Gasteiger partial charge in [0.25, 0.3) is 0 Å². The first kappa shape index (κ1) is 61.8. The topological polar surface area (TPSA) is 273 Å². The fourth-order valence-corrected chi connectivity index (χ4v) is 11.6. The van der Waals surface area contributed by atoms with Crippen molar-refractivity contribution in [1.82, 2.24) is 40.1 Å². The van der Waals surface area contributed by atoms with Crippen molar-refractivity contribution in [1.29, 1.82) is 0 Å². The fraction of sp³-hybridized carbons (Fsp3) is 0.433. The minimum absolute atomic E-state index is 0.0140. The molecule has 85 heavy (non-hydrogen) atoms. The molecule has 0 spiro atoms. The number of β-amino-alcohol motifs (C(OH)–C–C–N with tert-alkyl or cyclic N) is 1. The van der Waals surface area contributed by atoms with E-state index >= 15 is 4.39 Å². The minimum Gasteiger partial charge on any atom is -0.508 e. The van der Waals surface area contributed by atoms with Gasteiger partial charge in [-0.25, -0.2) is 19.2 Å². The maximum atomic E-state index is 17.0. The monoisotopic (exact) mass is 1210 g/mol. The number of likely N-dealkylation sites (tertiary alicyclic amines) is 1. The summed E-state index contributed by atoms with van der Waals surface area (Å²) in [6.45, 7) is 11.4. The summed E-state index contributed by atoms with van der Waals surface area (Å²) >= 11 is 8.38. The number of halogens is 2. The van der Waals surface area contributed by atoms with Crippen LogP contribution < -0.4 is 26.0 Å². The number of carbonyl (C=O) groups is 4. The molecular formula is C60H71ClFN11O11S. The Labute approximate surface area is 500 Å². The Morgan fingerprint density at radius 2 is 1.66 bits per heavy atom. The summed E-state index contributed by atoms with van der Waals surface area (Å²) in [5.41, 5.74) is 10.9. The predicted molar refractivity (Wildman–Crippen MR) is 320 cm³/mol. The van der Waals surface area contributed by atoms with Gasteiger partial charge >= 0.3 is 6.03 Å². The number of ether oxygens (including phenoxy) is 4. The number of aliphatic hydroxyl groups is 1. The van der Waals surface area contributed by atoms with Crippen molar-refractivity contribution < 1.29 is 57.3 Å². The molecule has 452 valence electrons. The molecule has 3 aromatic heterocycles. The summed E-state index contributed by atoms with van der Waals surface area (Å²) in [5, 5.41) is 33.2. The Morgan fingerprint density at radius 1 is 0.929 bits per heavy atom. The Kier molecular flexibility index (Phi) is 20.7. The van der Waals surface area contributed by atoms with Crippen molar-refractivity contribution in [3.8, 4) is 33.1 Å². The smallest absolute Gasteiger partial charge is 0.314 e. The number of aryl methyl sites for hydroxylation is 2. The predicted octanol–water partition coefficient (Wildman–Crippen LogP) is 7.28. The molecule has 5 heterocycles. The maximum Gasteiger partial charge on any atom is 0.314 e. The average Bonchev–Trinajstić information content (AvgIpc) is 1.95. The number of nitrogens with zero attached hydrogens (tertiary/aromatic N) is 8. The van der Waals surface area contributed by atoms with Crippen molar-refractivity contribution in [2.24, 2.45) is 11.7 Å². The van der Waals surface area contributed by atoms with E-state index in [2.05, 4.69) is 25.8 Å². The number of piperazine rings is 1. The number of primary amides is 1. The van der Waals surface area contributed by atoms with Crippen molar-refractivity contribution in [2.45, 2.75) is 65.1 Å². The summed E-state index contributed by atoms with van der Waals surface area (Å²) in [4.78, 5) is 74.0. The molecule has 0 saturated carbocycles. The van der Waals surface area contributed by atoms with Gasteiger partial charge in [-0.1, -0.05) is 67.0 Å². The number of aliphatic hydroxyl groups excluding tert-OH is 1. The van der Waals surface area contributed by atoms with Crippen LogP contribution in [-0.4, -0.2) is 180 Å². The summed E-state index contributed by atoms with van der Waals surface area (Å²) in [6.07, 6.45) is -0.684. The first-order chi connectivity index (χ1) is 40.9. The Balaban J connectivity index is 0.706. The molecule has 2 saturated heterocycles. The molecule has 0 unspecified atom stereocenters. The van der Waals surface area contributed by atoms with Crippen molar-refractivity contribution >= 4 is 80.1 Å². The minimum atomic E-state index is -0.880. The summed E-state index contributed by atoms with van der Waals surface area (Å²) in [6, 6.07) is 18.0. The summed E-state index contributed by atoms with van der Waals surface area (Å²) < 4.78 is 46.0. The lowest BCUT2D eigenvalue weighted by Crippen LogP contribution is -2.50. The molecule has 9 rings (SSSR count). The number of anilines is 2. The lowest BCUT2D eigenvalue weighted by Gasteiger charge is -2.35. The highest BCUT2D eigenvalue weighted by molar-refractivity contribution is 7.13. The number of amides is 5. The van der Waals surface area contributed by atoms with Crippen LogP contribution in [0.5, 0.6) is 11.5 Å². The standard InChI is InChI=1S/C60H71ClFN11O11S/c1-35(2)51(49-26-36(3)69-84-49)58(78)73-33-42(75)30-47(73)57(77)65-32-40-11-10-39(55-37(4)66-34-85-55)28-48(40)83-25-24-82-23-22-81-21-20-80-19-18-70(5)50(76)12-13-64-60-67-54-45(56(68-60)71-14-16-72(17-15-71)59(63)79)31-46(61)52(53(54)62)44-29-41(74)27-38-8-6-7-9-43(38)44/h6-11,26-29,31,34-35,42,47,51,74-75H,12-25,30,32-33H2,1-5H3,(H2,63,79)(H,65,77)(H,64,67,68)/t42-,47+,51-/m1/s1. The zero-order chi connectivity index (χ0) is 60.3. The van der Waals surface area contributed by atoms with E-state index in [-0.39, 0.29) is 97.8 Å². The van der Waals surface area contributed by atoms with Crippen LogP contribution in [0.4, 0.5) is 21.0 Å². The lowest BCUT2D eigenvalue weighted by atomic mass is 9.91. The van der Waals surface area contributed by atoms with E-state index in [0.29, 0.717) is 109 Å². The van der Waals surface area contributed by atoms with E-state index in [4.69, 9.17) is 45.8 Å². The number of thiazole rings is 1. The third-order valence-corrected chi connectivity index (χ3v) is 16.3. The maximum absolute atomic E-state index is 17.0. The molecule has 2 fully saturated rings. The number of phenols is 1. The van der Waals surface area contributed by atoms with Gasteiger partial charge in [0.2, 0.25) is 23.7 Å². The zero-order valence-electron chi connectivity index (χ0n) is 48.1. The third kappa shape index (κ3) is 15.0. The number of hydrogen-bond donors (Lipinski definition) is 5. The Bertz CT molecular complexity index is 3510. The van der Waals surface area contributed by atoms with Crippen molar-refractivity contribution in [3.63, 3.8) is 0 Å². The Morgan fingerprint density at radius 3 is 2.35 bits per heavy atom. The SMILES string of the molecule is Cc1cc([C@H](C(=O)N2C[C@H](O)C[C@H]2C(=O)NCc2ccc(-c3scnc3C)cc2OCCOCCOCCOCCN(C)C(=O)CCNc2nc(N3CCN(C(N)=O)CC3)c3cc(Cl)c(-c4cc(O)cc5ccccc45)c(F)c3n2)C(C)C)on1. The molecule has 25 heteroatoms. The molecule has 2 aliphatic rings. The number of likely N-dealkylation sites (N-methyl/N-ethyl adjacent to an activating group) is 1. The van der Waals surface area contributed by atoms with E-state index in [1.165, 1.54) is 27.2 Å². The molecule has 0 aliphatic carbocycles. The molecule has 3 atom stereocenters. The van der Waals surface area contributed by atoms with E-state index in [1.807, 2.05) is 68.1 Å². The number of aromatic nitrogens is 4. The molecule has 7 aromatic rings. The van der Waals surface area contributed by atoms with Crippen molar-refractivity contribution in [2.75, 3.05) is 109 Å². The average molecular weight is 1210 g/mol. The van der Waals surface area contributed by atoms with Crippen LogP contribution in [0.2, 0.25) is 5.02 Å². The van der Waals surface area contributed by atoms with Crippen molar-refractivity contribution in [3.05, 3.63) is 106 Å². The third-order valence-electron chi connectivity index (χ3n) is 15.0. The van der Waals surface area contributed by atoms with E-state index in [9.17, 15) is 29.4 Å². The van der Waals surface area contributed by atoms with Crippen LogP contribution in [0.3, 0.4) is 0 Å². The van der Waals surface area contributed by atoms with E-state index < -0.39 is 35.8 Å². The number of nitrogens with one attached hydrogen (secondary N) is 2. The van der Waals surface area contributed by atoms with Gasteiger partial charge < -0.3 is 69.7 Å². The first-order valence-electron chi connectivity index (χ1n) is 28.2. The van der Waals surface area contributed by atoms with Gasteiger partial charge in [0.1, 0.15) is 47.2 Å². The molecule has 22 nitrogen and oxygen atoms in total. The van der Waals surface area contributed by atoms with Crippen LogP contribution in [0.1, 0.15) is 55.3 Å². The van der Waals surface area contributed by atoms with Crippen LogP contribution in [0, 0.1) is 25.6 Å². The van der Waals surface area contributed by atoms with Gasteiger partial charge in [0.15, 0.2) is 5.82 Å². The Hall–Kier alpha value is -7.74. The van der Waals surface area contributed by atoms with Crippen LogP contribution >= 0.6 is 22.9 Å². The highest BCUT2D eigenvalue weighted by Crippen LogP contribution is 2.43. The second-order valence-corrected chi connectivity index (χ2v) is 22.6. The number of urea groups is 1. The summed E-state index contributed by atoms with van der Waals surface area (Å²) in [5.74, 6) is -0.985. The van der Waals surface area contributed by atoms with E-state index in [1.54, 1.807) is 42.6 Å². The molecule has 4 aromatic carbocycles. The van der Waals surface area contributed by atoms with Gasteiger partial charge in [0, 0.05) is 94.8 Å². The highest BCUT2D eigenvalue weighted by atomic mass is 35.5. The molecular weight excluding hydrogens is 1140 g/mol. The molecule has 0 radical (unpaired) electrons. The fourth-order valence-electron chi connectivity index (χ4n) is 10.5. The molecule has 0 bridgehead atoms. The highest BCUT2D eigenvalue weighted by Gasteiger charge is 2.43. The van der Waals surface area contributed by atoms with Crippen LogP contribution in [0.25, 0.3) is 43.2 Å². The first-order valence-corrected chi connectivity index (χ1v) is 29.5. The second kappa shape index (κ2) is 28.4. The lowest BCUT2D eigenvalue weighted by molar-refractivity contribution is -0.141. The van der Waals surface area contributed by atoms with Gasteiger partial charge in [0.05, 0.1) is 72.5 Å². The number of nitrogens with two attached hydrogens (primary N) is 1. The number of aromatic hydroxyl groups is 1.